The van der Waals surface area contributed by atoms with Crippen molar-refractivity contribution in [3.63, 3.8) is 0 Å². The lowest BCUT2D eigenvalue weighted by molar-refractivity contribution is 0.0952. The summed E-state index contributed by atoms with van der Waals surface area (Å²) < 4.78 is 5.31. The summed E-state index contributed by atoms with van der Waals surface area (Å²) in [4.78, 5) is 14.4. The molecule has 20 heavy (non-hydrogen) atoms. The van der Waals surface area contributed by atoms with E-state index in [1.165, 1.54) is 0 Å². The Morgan fingerprint density at radius 2 is 1.90 bits per heavy atom. The first-order valence-corrected chi connectivity index (χ1v) is 6.71. The largest absolute Gasteiger partial charge is 0.459 e. The third-order valence-electron chi connectivity index (χ3n) is 3.24. The van der Waals surface area contributed by atoms with Crippen molar-refractivity contribution < 1.29 is 9.21 Å². The van der Waals surface area contributed by atoms with Gasteiger partial charge in [0.25, 0.3) is 5.91 Å². The summed E-state index contributed by atoms with van der Waals surface area (Å²) in [6.45, 7) is 6.32. The molecular weight excluding hydrogens is 252 g/mol. The summed E-state index contributed by atoms with van der Waals surface area (Å²) in [7, 11) is 0. The Morgan fingerprint density at radius 1 is 1.25 bits per heavy atom. The second-order valence-corrected chi connectivity index (χ2v) is 5.07. The first-order chi connectivity index (χ1) is 9.54. The number of nitrogens with two attached hydrogens (primary N) is 1. The molecule has 2 N–H and O–H groups in total. The zero-order valence-electron chi connectivity index (χ0n) is 12.1. The second kappa shape index (κ2) is 5.92. The molecule has 2 rings (SSSR count). The van der Waals surface area contributed by atoms with Crippen LogP contribution < -0.4 is 10.6 Å². The monoisotopic (exact) mass is 272 g/mol. The van der Waals surface area contributed by atoms with Gasteiger partial charge in [-0.3, -0.25) is 4.79 Å². The Morgan fingerprint density at radius 3 is 2.35 bits per heavy atom. The van der Waals surface area contributed by atoms with Gasteiger partial charge in [0.15, 0.2) is 5.76 Å². The number of hydrogen-bond donors (Lipinski definition) is 1. The van der Waals surface area contributed by atoms with Crippen molar-refractivity contribution >= 4 is 11.6 Å². The van der Waals surface area contributed by atoms with Crippen LogP contribution in [0.1, 0.15) is 35.5 Å². The van der Waals surface area contributed by atoms with Crippen molar-refractivity contribution in [3.8, 4) is 0 Å². The molecule has 1 heterocycles. The van der Waals surface area contributed by atoms with Crippen LogP contribution in [-0.4, -0.2) is 11.9 Å². The number of benzene rings is 1. The Kier molecular flexibility index (Phi) is 4.25. The van der Waals surface area contributed by atoms with Crippen LogP contribution in [-0.2, 0) is 6.54 Å². The smallest absolute Gasteiger partial charge is 0.294 e. The van der Waals surface area contributed by atoms with Crippen LogP contribution in [0.5, 0.6) is 0 Å². The fourth-order valence-corrected chi connectivity index (χ4v) is 2.14. The fourth-order valence-electron chi connectivity index (χ4n) is 2.14. The second-order valence-electron chi connectivity index (χ2n) is 5.07. The Hall–Kier alpha value is -2.07. The lowest BCUT2D eigenvalue weighted by atomic mass is 10.1. The van der Waals surface area contributed by atoms with E-state index in [4.69, 9.17) is 10.2 Å². The third kappa shape index (κ3) is 2.75. The van der Waals surface area contributed by atoms with Crippen LogP contribution in [0.4, 0.5) is 5.69 Å². The molecule has 1 amide bonds. The lowest BCUT2D eigenvalue weighted by Crippen LogP contribution is -2.37. The first kappa shape index (κ1) is 14.3. The standard InChI is InChI=1S/C16H20N2O2/c1-11(2)18(14-6-4-13(10-17)5-7-14)16(19)15-12(3)8-9-20-15/h4-9,11H,10,17H2,1-3H3. The summed E-state index contributed by atoms with van der Waals surface area (Å²) in [5.74, 6) is 0.268. The summed E-state index contributed by atoms with van der Waals surface area (Å²) in [5, 5.41) is 0. The molecule has 106 valence electrons. The quantitative estimate of drug-likeness (QED) is 0.930. The van der Waals surface area contributed by atoms with Crippen molar-refractivity contribution in [3.05, 3.63) is 53.5 Å². The molecular formula is C16H20N2O2. The van der Waals surface area contributed by atoms with Crippen LogP contribution in [0.2, 0.25) is 0 Å². The predicted molar refractivity (Wildman–Crippen MR) is 79.7 cm³/mol. The number of nitrogens with zero attached hydrogens (tertiary/aromatic N) is 1. The maximum atomic E-state index is 12.6. The molecule has 0 fully saturated rings. The van der Waals surface area contributed by atoms with Crippen molar-refractivity contribution in [2.45, 2.75) is 33.4 Å². The van der Waals surface area contributed by atoms with Gasteiger partial charge in [0.2, 0.25) is 0 Å². The molecule has 0 aliphatic heterocycles. The van der Waals surface area contributed by atoms with E-state index in [1.807, 2.05) is 45.0 Å². The van der Waals surface area contributed by atoms with Crippen LogP contribution >= 0.6 is 0 Å². The number of anilines is 1. The van der Waals surface area contributed by atoms with Crippen LogP contribution in [0.25, 0.3) is 0 Å². The first-order valence-electron chi connectivity index (χ1n) is 6.71. The van der Waals surface area contributed by atoms with Gasteiger partial charge >= 0.3 is 0 Å². The van der Waals surface area contributed by atoms with Gasteiger partial charge in [-0.1, -0.05) is 12.1 Å². The zero-order chi connectivity index (χ0) is 14.7. The normalized spacial score (nSPS) is 10.8. The molecule has 0 radical (unpaired) electrons. The molecule has 0 spiro atoms. The highest BCUT2D eigenvalue weighted by atomic mass is 16.3. The number of aryl methyl sites for hydroxylation is 1. The number of hydrogen-bond acceptors (Lipinski definition) is 3. The van der Waals surface area contributed by atoms with E-state index in [2.05, 4.69) is 0 Å². The van der Waals surface area contributed by atoms with Crippen LogP contribution in [0, 0.1) is 6.92 Å². The molecule has 2 aromatic rings. The number of carbonyl (C=O) groups excluding carboxylic acids is 1. The van der Waals surface area contributed by atoms with Gasteiger partial charge in [-0.05, 0) is 44.5 Å². The summed E-state index contributed by atoms with van der Waals surface area (Å²) in [5.41, 5.74) is 8.33. The Bertz CT molecular complexity index is 585. The van der Waals surface area contributed by atoms with Gasteiger partial charge in [-0.2, -0.15) is 0 Å². The molecule has 4 nitrogen and oxygen atoms in total. The minimum Gasteiger partial charge on any atom is -0.459 e. The topological polar surface area (TPSA) is 59.5 Å². The van der Waals surface area contributed by atoms with Crippen molar-refractivity contribution in [2.24, 2.45) is 5.73 Å². The van der Waals surface area contributed by atoms with E-state index >= 15 is 0 Å². The van der Waals surface area contributed by atoms with E-state index in [1.54, 1.807) is 17.2 Å². The molecule has 4 heteroatoms. The SMILES string of the molecule is Cc1ccoc1C(=O)N(c1ccc(CN)cc1)C(C)C. The van der Waals surface area contributed by atoms with E-state index in [0.29, 0.717) is 12.3 Å². The number of amides is 1. The van der Waals surface area contributed by atoms with Crippen molar-refractivity contribution in [1.82, 2.24) is 0 Å². The van der Waals surface area contributed by atoms with Gasteiger partial charge in [0, 0.05) is 23.8 Å². The average Bonchev–Trinajstić information content (AvgIpc) is 2.85. The zero-order valence-corrected chi connectivity index (χ0v) is 12.1. The molecule has 0 atom stereocenters. The maximum Gasteiger partial charge on any atom is 0.294 e. The highest BCUT2D eigenvalue weighted by Gasteiger charge is 2.24. The maximum absolute atomic E-state index is 12.6. The van der Waals surface area contributed by atoms with E-state index in [0.717, 1.165) is 16.8 Å². The van der Waals surface area contributed by atoms with Crippen molar-refractivity contribution in [2.75, 3.05) is 4.90 Å². The van der Waals surface area contributed by atoms with Crippen LogP contribution in [0.3, 0.4) is 0 Å². The third-order valence-corrected chi connectivity index (χ3v) is 3.24. The van der Waals surface area contributed by atoms with Gasteiger partial charge in [-0.15, -0.1) is 0 Å². The summed E-state index contributed by atoms with van der Waals surface area (Å²) in [6, 6.07) is 9.54. The highest BCUT2D eigenvalue weighted by molar-refractivity contribution is 6.05. The molecule has 0 bridgehead atoms. The number of furan rings is 1. The van der Waals surface area contributed by atoms with Gasteiger partial charge in [-0.25, -0.2) is 0 Å². The molecule has 0 saturated carbocycles. The van der Waals surface area contributed by atoms with Gasteiger partial charge < -0.3 is 15.1 Å². The van der Waals surface area contributed by atoms with Crippen LogP contribution in [0.15, 0.2) is 41.0 Å². The van der Waals surface area contributed by atoms with E-state index in [-0.39, 0.29) is 11.9 Å². The minimum absolute atomic E-state index is 0.0377. The predicted octanol–water partition coefficient (Wildman–Crippen LogP) is 3.10. The summed E-state index contributed by atoms with van der Waals surface area (Å²) in [6.07, 6.45) is 1.54. The average molecular weight is 272 g/mol. The van der Waals surface area contributed by atoms with Crippen molar-refractivity contribution in [1.29, 1.82) is 0 Å². The van der Waals surface area contributed by atoms with Gasteiger partial charge in [0.05, 0.1) is 6.26 Å². The fraction of sp³-hybridized carbons (Fsp3) is 0.312. The van der Waals surface area contributed by atoms with Gasteiger partial charge in [0.1, 0.15) is 0 Å². The Balaban J connectivity index is 2.36. The Labute approximate surface area is 119 Å². The molecule has 0 saturated heterocycles. The van der Waals surface area contributed by atoms with E-state index < -0.39 is 0 Å². The summed E-state index contributed by atoms with van der Waals surface area (Å²) >= 11 is 0. The van der Waals surface area contributed by atoms with E-state index in [9.17, 15) is 4.79 Å². The number of rotatable bonds is 4. The molecule has 1 aromatic carbocycles. The molecule has 0 aliphatic rings. The lowest BCUT2D eigenvalue weighted by Gasteiger charge is -2.26. The number of carbonyl (C=O) groups is 1. The molecule has 0 unspecified atom stereocenters. The molecule has 0 aliphatic carbocycles. The highest BCUT2D eigenvalue weighted by Crippen LogP contribution is 2.22. The molecule has 1 aromatic heterocycles. The minimum atomic E-state index is -0.122.